The Balaban J connectivity index is 1.86. The van der Waals surface area contributed by atoms with Crippen molar-refractivity contribution in [1.29, 1.82) is 0 Å². The van der Waals surface area contributed by atoms with Gasteiger partial charge in [0.15, 0.2) is 11.6 Å². The minimum Gasteiger partial charge on any atom is -0.486 e. The molecule has 0 bridgehead atoms. The summed E-state index contributed by atoms with van der Waals surface area (Å²) in [6, 6.07) is 12.3. The van der Waals surface area contributed by atoms with Crippen LogP contribution in [0.2, 0.25) is 0 Å². The lowest BCUT2D eigenvalue weighted by Crippen LogP contribution is -1.96. The van der Waals surface area contributed by atoms with E-state index in [2.05, 4.69) is 0 Å². The molecule has 0 aliphatic carbocycles. The highest BCUT2D eigenvalue weighted by atomic mass is 19.1. The number of furan rings is 1. The molecule has 0 atom stereocenters. The zero-order valence-electron chi connectivity index (χ0n) is 10.5. The summed E-state index contributed by atoms with van der Waals surface area (Å²) in [6.45, 7) is 2.31. The maximum Gasteiger partial charge on any atom is 0.165 e. The van der Waals surface area contributed by atoms with Crippen molar-refractivity contribution in [3.05, 3.63) is 65.7 Å². The molecule has 1 heterocycles. The summed E-state index contributed by atoms with van der Waals surface area (Å²) in [4.78, 5) is 0. The summed E-state index contributed by atoms with van der Waals surface area (Å²) < 4.78 is 24.4. The molecule has 3 rings (SSSR count). The molecule has 0 fully saturated rings. The molecule has 0 aliphatic rings. The van der Waals surface area contributed by atoms with E-state index < -0.39 is 0 Å². The Morgan fingerprint density at radius 3 is 2.84 bits per heavy atom. The third kappa shape index (κ3) is 2.32. The summed E-state index contributed by atoms with van der Waals surface area (Å²) in [6.07, 6.45) is 1.66. The van der Waals surface area contributed by atoms with Crippen LogP contribution in [0.25, 0.3) is 11.0 Å². The molecule has 1 aromatic heterocycles. The van der Waals surface area contributed by atoms with E-state index in [1.807, 2.05) is 25.1 Å². The van der Waals surface area contributed by atoms with Gasteiger partial charge >= 0.3 is 0 Å². The van der Waals surface area contributed by atoms with Crippen LogP contribution in [0, 0.1) is 12.7 Å². The molecule has 19 heavy (non-hydrogen) atoms. The lowest BCUT2D eigenvalue weighted by atomic mass is 10.1. The van der Waals surface area contributed by atoms with Crippen molar-refractivity contribution in [3.63, 3.8) is 0 Å². The molecule has 0 amide bonds. The number of ether oxygens (including phenoxy) is 1. The molecule has 3 heteroatoms. The van der Waals surface area contributed by atoms with Gasteiger partial charge < -0.3 is 9.15 Å². The monoisotopic (exact) mass is 256 g/mol. The fraction of sp³-hybridized carbons (Fsp3) is 0.125. The van der Waals surface area contributed by atoms with E-state index in [1.54, 1.807) is 24.5 Å². The van der Waals surface area contributed by atoms with E-state index in [9.17, 15) is 4.39 Å². The second-order valence-corrected chi connectivity index (χ2v) is 4.48. The van der Waals surface area contributed by atoms with Gasteiger partial charge in [-0.15, -0.1) is 0 Å². The Morgan fingerprint density at radius 1 is 1.16 bits per heavy atom. The molecule has 0 radical (unpaired) electrons. The number of rotatable bonds is 3. The first-order valence-corrected chi connectivity index (χ1v) is 6.08. The Morgan fingerprint density at radius 2 is 2.00 bits per heavy atom. The normalized spacial score (nSPS) is 10.8. The second kappa shape index (κ2) is 4.76. The minimum atomic E-state index is -0.355. The highest BCUT2D eigenvalue weighted by Gasteiger charge is 2.08. The van der Waals surface area contributed by atoms with Gasteiger partial charge in [0.05, 0.1) is 6.26 Å². The zero-order valence-corrected chi connectivity index (χ0v) is 10.5. The van der Waals surface area contributed by atoms with E-state index in [-0.39, 0.29) is 18.2 Å². The van der Waals surface area contributed by atoms with E-state index in [0.717, 1.165) is 22.1 Å². The van der Waals surface area contributed by atoms with Crippen LogP contribution in [0.3, 0.4) is 0 Å². The van der Waals surface area contributed by atoms with Crippen LogP contribution in [0.5, 0.6) is 5.75 Å². The van der Waals surface area contributed by atoms with E-state index in [0.29, 0.717) is 0 Å². The average molecular weight is 256 g/mol. The first kappa shape index (κ1) is 11.8. The summed E-state index contributed by atoms with van der Waals surface area (Å²) in [5.41, 5.74) is 2.89. The Kier molecular flexibility index (Phi) is 2.95. The average Bonchev–Trinajstić information content (AvgIpc) is 2.80. The number of aryl methyl sites for hydroxylation is 1. The zero-order chi connectivity index (χ0) is 13.2. The molecule has 0 saturated heterocycles. The van der Waals surface area contributed by atoms with Crippen LogP contribution in [0.15, 0.2) is 53.1 Å². The smallest absolute Gasteiger partial charge is 0.165 e. The van der Waals surface area contributed by atoms with Gasteiger partial charge in [-0.05, 0) is 31.2 Å². The van der Waals surface area contributed by atoms with Gasteiger partial charge in [0.2, 0.25) is 0 Å². The molecular formula is C16H13FO2. The molecule has 96 valence electrons. The molecule has 0 aliphatic heterocycles. The van der Waals surface area contributed by atoms with Crippen molar-refractivity contribution in [3.8, 4) is 5.75 Å². The van der Waals surface area contributed by atoms with Crippen molar-refractivity contribution in [2.75, 3.05) is 0 Å². The molecule has 0 spiro atoms. The Labute approximate surface area is 110 Å². The van der Waals surface area contributed by atoms with Crippen LogP contribution in [-0.2, 0) is 6.61 Å². The van der Waals surface area contributed by atoms with Gasteiger partial charge in [-0.3, -0.25) is 0 Å². The SMILES string of the molecule is Cc1ccc2occ(COc3ccccc3F)c2c1. The van der Waals surface area contributed by atoms with E-state index in [1.165, 1.54) is 6.07 Å². The fourth-order valence-electron chi connectivity index (χ4n) is 2.02. The Hall–Kier alpha value is -2.29. The molecule has 3 aromatic rings. The minimum absolute atomic E-state index is 0.254. The topological polar surface area (TPSA) is 22.4 Å². The van der Waals surface area contributed by atoms with Gasteiger partial charge in [0.1, 0.15) is 12.2 Å². The lowest BCUT2D eigenvalue weighted by Gasteiger charge is -2.05. The molecule has 2 nitrogen and oxygen atoms in total. The highest BCUT2D eigenvalue weighted by Crippen LogP contribution is 2.24. The van der Waals surface area contributed by atoms with Crippen molar-refractivity contribution in [1.82, 2.24) is 0 Å². The first-order valence-electron chi connectivity index (χ1n) is 6.08. The third-order valence-electron chi connectivity index (χ3n) is 3.03. The number of para-hydroxylation sites is 1. The maximum absolute atomic E-state index is 13.4. The Bertz CT molecular complexity index is 716. The third-order valence-corrected chi connectivity index (χ3v) is 3.03. The first-order chi connectivity index (χ1) is 9.24. The molecule has 2 aromatic carbocycles. The standard InChI is InChI=1S/C16H13FO2/c1-11-6-7-15-13(8-11)12(9-18-15)10-19-16-5-3-2-4-14(16)17/h2-9H,10H2,1H3. The largest absolute Gasteiger partial charge is 0.486 e. The molecule has 0 saturated carbocycles. The summed E-state index contributed by atoms with van der Waals surface area (Å²) in [5.74, 6) is -0.101. The highest BCUT2D eigenvalue weighted by molar-refractivity contribution is 5.81. The van der Waals surface area contributed by atoms with E-state index >= 15 is 0 Å². The van der Waals surface area contributed by atoms with Crippen molar-refractivity contribution < 1.29 is 13.5 Å². The summed E-state index contributed by atoms with van der Waals surface area (Å²) >= 11 is 0. The quantitative estimate of drug-likeness (QED) is 0.690. The summed E-state index contributed by atoms with van der Waals surface area (Å²) in [5, 5.41) is 1.01. The molecular weight excluding hydrogens is 243 g/mol. The second-order valence-electron chi connectivity index (χ2n) is 4.48. The predicted molar refractivity (Wildman–Crippen MR) is 71.7 cm³/mol. The van der Waals surface area contributed by atoms with Crippen LogP contribution >= 0.6 is 0 Å². The number of benzene rings is 2. The number of hydrogen-bond acceptors (Lipinski definition) is 2. The number of fused-ring (bicyclic) bond motifs is 1. The van der Waals surface area contributed by atoms with Gasteiger partial charge in [-0.2, -0.15) is 0 Å². The number of hydrogen-bond donors (Lipinski definition) is 0. The van der Waals surface area contributed by atoms with E-state index in [4.69, 9.17) is 9.15 Å². The van der Waals surface area contributed by atoms with Crippen LogP contribution in [0.4, 0.5) is 4.39 Å². The van der Waals surface area contributed by atoms with Crippen molar-refractivity contribution >= 4 is 11.0 Å². The van der Waals surface area contributed by atoms with Crippen molar-refractivity contribution in [2.24, 2.45) is 0 Å². The molecule has 0 unspecified atom stereocenters. The van der Waals surface area contributed by atoms with Crippen LogP contribution in [-0.4, -0.2) is 0 Å². The molecule has 0 N–H and O–H groups in total. The predicted octanol–water partition coefficient (Wildman–Crippen LogP) is 4.46. The van der Waals surface area contributed by atoms with Gasteiger partial charge in [-0.1, -0.05) is 23.8 Å². The van der Waals surface area contributed by atoms with Gasteiger partial charge in [-0.25, -0.2) is 4.39 Å². The lowest BCUT2D eigenvalue weighted by molar-refractivity contribution is 0.290. The van der Waals surface area contributed by atoms with Gasteiger partial charge in [0.25, 0.3) is 0 Å². The van der Waals surface area contributed by atoms with Gasteiger partial charge in [0, 0.05) is 10.9 Å². The maximum atomic E-state index is 13.4. The van der Waals surface area contributed by atoms with Crippen LogP contribution < -0.4 is 4.74 Å². The van der Waals surface area contributed by atoms with Crippen molar-refractivity contribution in [2.45, 2.75) is 13.5 Å². The number of halogens is 1. The summed E-state index contributed by atoms with van der Waals surface area (Å²) in [7, 11) is 0. The fourth-order valence-corrected chi connectivity index (χ4v) is 2.02. The van der Waals surface area contributed by atoms with Crippen LogP contribution in [0.1, 0.15) is 11.1 Å².